The zero-order valence-corrected chi connectivity index (χ0v) is 16.3. The number of halogens is 1. The number of hydrogen-bond donors (Lipinski definition) is 0. The third kappa shape index (κ3) is 2.94. The predicted octanol–water partition coefficient (Wildman–Crippen LogP) is 3.20. The molecule has 0 aliphatic carbocycles. The van der Waals surface area contributed by atoms with Crippen LogP contribution < -0.4 is 9.80 Å². The van der Waals surface area contributed by atoms with Gasteiger partial charge in [-0.1, -0.05) is 36.7 Å². The van der Waals surface area contributed by atoms with Crippen molar-refractivity contribution < 1.29 is 14.4 Å². The van der Waals surface area contributed by atoms with Crippen molar-refractivity contribution in [2.75, 3.05) is 36.0 Å². The fourth-order valence-corrected chi connectivity index (χ4v) is 4.10. The first-order valence-corrected chi connectivity index (χ1v) is 9.69. The molecule has 0 bridgehead atoms. The fourth-order valence-electron chi connectivity index (χ4n) is 3.81. The van der Waals surface area contributed by atoms with Crippen LogP contribution in [-0.2, 0) is 4.79 Å². The Morgan fingerprint density at radius 3 is 2.11 bits per heavy atom. The molecule has 2 aromatic rings. The standard InChI is InChI=1S/C21H20ClN3O3/c1-2-18(26)23-10-12-24(13-11-23)19-16(22)8-5-9-17(19)25-20(27)14-6-3-4-7-15(14)21(25)28/h3-9H,2,10-13H2,1H3. The molecule has 144 valence electrons. The van der Waals surface area contributed by atoms with Crippen LogP contribution in [0.5, 0.6) is 0 Å². The van der Waals surface area contributed by atoms with Crippen molar-refractivity contribution in [3.05, 3.63) is 58.6 Å². The highest BCUT2D eigenvalue weighted by Gasteiger charge is 2.38. The van der Waals surface area contributed by atoms with E-state index in [4.69, 9.17) is 11.6 Å². The van der Waals surface area contributed by atoms with Gasteiger partial charge in [0.15, 0.2) is 0 Å². The van der Waals surface area contributed by atoms with Crippen molar-refractivity contribution >= 4 is 40.7 Å². The maximum Gasteiger partial charge on any atom is 0.266 e. The number of rotatable bonds is 3. The lowest BCUT2D eigenvalue weighted by Gasteiger charge is -2.38. The number of imide groups is 1. The molecule has 4 rings (SSSR count). The Labute approximate surface area is 168 Å². The highest BCUT2D eigenvalue weighted by molar-refractivity contribution is 6.38. The minimum Gasteiger partial charge on any atom is -0.365 e. The molecule has 2 aliphatic rings. The molecule has 1 saturated heterocycles. The summed E-state index contributed by atoms with van der Waals surface area (Å²) in [5.74, 6) is -0.563. The first-order chi connectivity index (χ1) is 13.5. The summed E-state index contributed by atoms with van der Waals surface area (Å²) in [6, 6.07) is 12.0. The van der Waals surface area contributed by atoms with Gasteiger partial charge < -0.3 is 9.80 Å². The van der Waals surface area contributed by atoms with Gasteiger partial charge in [0.2, 0.25) is 5.91 Å². The Kier molecular flexibility index (Phi) is 4.81. The molecule has 1 fully saturated rings. The van der Waals surface area contributed by atoms with Gasteiger partial charge >= 0.3 is 0 Å². The molecule has 0 saturated carbocycles. The van der Waals surface area contributed by atoms with Crippen LogP contribution in [0, 0.1) is 0 Å². The van der Waals surface area contributed by atoms with Crippen LogP contribution in [0.15, 0.2) is 42.5 Å². The van der Waals surface area contributed by atoms with E-state index in [-0.39, 0.29) is 17.7 Å². The van der Waals surface area contributed by atoms with Gasteiger partial charge in [0, 0.05) is 32.6 Å². The maximum absolute atomic E-state index is 12.9. The van der Waals surface area contributed by atoms with Crippen molar-refractivity contribution in [3.63, 3.8) is 0 Å². The highest BCUT2D eigenvalue weighted by atomic mass is 35.5. The lowest BCUT2D eigenvalue weighted by atomic mass is 10.1. The molecule has 0 unspecified atom stereocenters. The number of anilines is 2. The Morgan fingerprint density at radius 2 is 1.54 bits per heavy atom. The second kappa shape index (κ2) is 7.28. The summed E-state index contributed by atoms with van der Waals surface area (Å²) in [7, 11) is 0. The van der Waals surface area contributed by atoms with Crippen molar-refractivity contribution in [2.45, 2.75) is 13.3 Å². The predicted molar refractivity (Wildman–Crippen MR) is 108 cm³/mol. The Balaban J connectivity index is 1.68. The third-order valence-corrected chi connectivity index (χ3v) is 5.56. The molecule has 0 N–H and O–H groups in total. The van der Waals surface area contributed by atoms with Gasteiger partial charge in [0.25, 0.3) is 11.8 Å². The molecular weight excluding hydrogens is 378 g/mol. The van der Waals surface area contributed by atoms with Crippen molar-refractivity contribution in [1.82, 2.24) is 4.90 Å². The minimum atomic E-state index is -0.344. The molecule has 2 aromatic carbocycles. The summed E-state index contributed by atoms with van der Waals surface area (Å²) in [6.45, 7) is 4.19. The molecular formula is C21H20ClN3O3. The smallest absolute Gasteiger partial charge is 0.266 e. The normalized spacial score (nSPS) is 16.6. The number of piperazine rings is 1. The molecule has 7 heteroatoms. The van der Waals surface area contributed by atoms with E-state index in [9.17, 15) is 14.4 Å². The zero-order valence-electron chi connectivity index (χ0n) is 15.5. The Bertz CT molecular complexity index is 932. The van der Waals surface area contributed by atoms with Crippen LogP contribution >= 0.6 is 11.6 Å². The largest absolute Gasteiger partial charge is 0.365 e. The summed E-state index contributed by atoms with van der Waals surface area (Å²) in [6.07, 6.45) is 0.479. The summed E-state index contributed by atoms with van der Waals surface area (Å²) >= 11 is 6.50. The van der Waals surface area contributed by atoms with Crippen LogP contribution in [0.3, 0.4) is 0 Å². The molecule has 3 amide bonds. The number of carbonyl (C=O) groups excluding carboxylic acids is 3. The van der Waals surface area contributed by atoms with Crippen LogP contribution in [-0.4, -0.2) is 48.8 Å². The zero-order chi connectivity index (χ0) is 19.8. The van der Waals surface area contributed by atoms with Crippen LogP contribution in [0.25, 0.3) is 0 Å². The summed E-state index contributed by atoms with van der Waals surface area (Å²) < 4.78 is 0. The van der Waals surface area contributed by atoms with Gasteiger partial charge in [-0.2, -0.15) is 0 Å². The Hall–Kier alpha value is -2.86. The van der Waals surface area contributed by atoms with Crippen LogP contribution in [0.2, 0.25) is 5.02 Å². The quantitative estimate of drug-likeness (QED) is 0.746. The number of benzene rings is 2. The van der Waals surface area contributed by atoms with Crippen molar-refractivity contribution in [3.8, 4) is 0 Å². The minimum absolute atomic E-state index is 0.124. The number of nitrogens with zero attached hydrogens (tertiary/aromatic N) is 3. The summed E-state index contributed by atoms with van der Waals surface area (Å²) in [4.78, 5) is 42.9. The molecule has 28 heavy (non-hydrogen) atoms. The fraction of sp³-hybridized carbons (Fsp3) is 0.286. The molecule has 0 atom stereocenters. The SMILES string of the molecule is CCC(=O)N1CCN(c2c(Cl)cccc2N2C(=O)c3ccccc3C2=O)CC1. The molecule has 2 heterocycles. The van der Waals surface area contributed by atoms with Crippen LogP contribution in [0.4, 0.5) is 11.4 Å². The average Bonchev–Trinajstić information content (AvgIpc) is 2.98. The molecule has 2 aliphatic heterocycles. The molecule has 0 spiro atoms. The first kappa shape index (κ1) is 18.5. The number of hydrogen-bond acceptors (Lipinski definition) is 4. The Morgan fingerprint density at radius 1 is 0.929 bits per heavy atom. The van der Waals surface area contributed by atoms with E-state index < -0.39 is 0 Å². The summed E-state index contributed by atoms with van der Waals surface area (Å²) in [5.41, 5.74) is 1.94. The van der Waals surface area contributed by atoms with Crippen molar-refractivity contribution in [1.29, 1.82) is 0 Å². The third-order valence-electron chi connectivity index (χ3n) is 5.25. The van der Waals surface area contributed by atoms with E-state index in [1.54, 1.807) is 42.5 Å². The van der Waals surface area contributed by atoms with E-state index in [1.807, 2.05) is 16.7 Å². The average molecular weight is 398 g/mol. The van der Waals surface area contributed by atoms with Crippen LogP contribution in [0.1, 0.15) is 34.1 Å². The van der Waals surface area contributed by atoms with E-state index in [0.717, 1.165) is 0 Å². The van der Waals surface area contributed by atoms with E-state index in [0.29, 0.717) is 60.1 Å². The first-order valence-electron chi connectivity index (χ1n) is 9.32. The number of fused-ring (bicyclic) bond motifs is 1. The van der Waals surface area contributed by atoms with Gasteiger partial charge in [0.1, 0.15) is 0 Å². The topological polar surface area (TPSA) is 60.9 Å². The van der Waals surface area contributed by atoms with Gasteiger partial charge in [0.05, 0.1) is 27.5 Å². The second-order valence-corrected chi connectivity index (χ2v) is 7.23. The molecule has 0 aromatic heterocycles. The van der Waals surface area contributed by atoms with E-state index >= 15 is 0 Å². The van der Waals surface area contributed by atoms with Crippen molar-refractivity contribution in [2.24, 2.45) is 0 Å². The number of amides is 3. The lowest BCUT2D eigenvalue weighted by molar-refractivity contribution is -0.131. The molecule has 6 nitrogen and oxygen atoms in total. The van der Waals surface area contributed by atoms with Gasteiger partial charge in [-0.15, -0.1) is 0 Å². The maximum atomic E-state index is 12.9. The second-order valence-electron chi connectivity index (χ2n) is 6.82. The lowest BCUT2D eigenvalue weighted by Crippen LogP contribution is -2.49. The summed E-state index contributed by atoms with van der Waals surface area (Å²) in [5, 5.41) is 0.476. The van der Waals surface area contributed by atoms with E-state index in [2.05, 4.69) is 0 Å². The van der Waals surface area contributed by atoms with E-state index in [1.165, 1.54) is 4.90 Å². The van der Waals surface area contributed by atoms with Gasteiger partial charge in [-0.25, -0.2) is 4.90 Å². The molecule has 0 radical (unpaired) electrons. The number of carbonyl (C=O) groups is 3. The number of para-hydroxylation sites is 1. The van der Waals surface area contributed by atoms with Gasteiger partial charge in [-0.05, 0) is 24.3 Å². The highest BCUT2D eigenvalue weighted by Crippen LogP contribution is 2.40. The van der Waals surface area contributed by atoms with Gasteiger partial charge in [-0.3, -0.25) is 14.4 Å². The monoisotopic (exact) mass is 397 g/mol.